The molecule has 0 bridgehead atoms. The quantitative estimate of drug-likeness (QED) is 0.829. The van der Waals surface area contributed by atoms with E-state index in [1.54, 1.807) is 23.1 Å². The van der Waals surface area contributed by atoms with Crippen LogP contribution in [0, 0.1) is 0 Å². The molecule has 1 aliphatic heterocycles. The lowest BCUT2D eigenvalue weighted by Crippen LogP contribution is -2.41. The summed E-state index contributed by atoms with van der Waals surface area (Å²) in [5, 5.41) is 9.39. The van der Waals surface area contributed by atoms with E-state index in [1.807, 2.05) is 13.0 Å². The van der Waals surface area contributed by atoms with E-state index >= 15 is 0 Å². The maximum absolute atomic E-state index is 12.3. The van der Waals surface area contributed by atoms with Crippen LogP contribution >= 0.6 is 11.8 Å². The number of nitrogens with zero attached hydrogens (tertiary/aromatic N) is 1. The van der Waals surface area contributed by atoms with Crippen LogP contribution in [0.15, 0.2) is 29.2 Å². The van der Waals surface area contributed by atoms with Gasteiger partial charge < -0.3 is 10.0 Å². The Morgan fingerprint density at radius 2 is 2.24 bits per heavy atom. The summed E-state index contributed by atoms with van der Waals surface area (Å²) in [4.78, 5) is 14.7. The molecule has 0 aliphatic carbocycles. The summed E-state index contributed by atoms with van der Waals surface area (Å²) >= 11 is 1.34. The van der Waals surface area contributed by atoms with Crippen molar-refractivity contribution >= 4 is 27.5 Å². The summed E-state index contributed by atoms with van der Waals surface area (Å²) in [5.41, 5.74) is 0. The van der Waals surface area contributed by atoms with Gasteiger partial charge in [0.25, 0.3) is 0 Å². The highest BCUT2D eigenvalue weighted by Gasteiger charge is 2.33. The van der Waals surface area contributed by atoms with Crippen LogP contribution in [0.25, 0.3) is 0 Å². The second kappa shape index (κ2) is 6.70. The van der Waals surface area contributed by atoms with E-state index in [1.165, 1.54) is 11.8 Å². The summed E-state index contributed by atoms with van der Waals surface area (Å²) in [6, 6.07) is 6.54. The number of sulfone groups is 1. The van der Waals surface area contributed by atoms with Gasteiger partial charge in [-0.25, -0.2) is 8.42 Å². The minimum absolute atomic E-state index is 0.0621. The molecule has 1 aromatic rings. The molecule has 1 N–H and O–H groups in total. The maximum atomic E-state index is 12.3. The summed E-state index contributed by atoms with van der Waals surface area (Å²) < 4.78 is 23.1. The molecule has 1 unspecified atom stereocenters. The molecule has 1 atom stereocenters. The van der Waals surface area contributed by atoms with Crippen LogP contribution in [0.5, 0.6) is 5.75 Å². The predicted molar refractivity (Wildman–Crippen MR) is 83.3 cm³/mol. The van der Waals surface area contributed by atoms with Crippen molar-refractivity contribution in [2.75, 3.05) is 23.8 Å². The average molecular weight is 329 g/mol. The monoisotopic (exact) mass is 329 g/mol. The van der Waals surface area contributed by atoms with Gasteiger partial charge in [-0.2, -0.15) is 0 Å². The van der Waals surface area contributed by atoms with Gasteiger partial charge >= 0.3 is 0 Å². The molecule has 2 rings (SSSR count). The highest BCUT2D eigenvalue weighted by atomic mass is 32.2. The Hall–Kier alpha value is -1.21. The van der Waals surface area contributed by atoms with Crippen LogP contribution < -0.4 is 0 Å². The number of hydrogen-bond acceptors (Lipinski definition) is 5. The molecule has 1 saturated heterocycles. The van der Waals surface area contributed by atoms with Crippen molar-refractivity contribution in [3.05, 3.63) is 24.3 Å². The number of aromatic hydroxyl groups is 1. The first-order chi connectivity index (χ1) is 9.91. The van der Waals surface area contributed by atoms with Gasteiger partial charge in [0.15, 0.2) is 9.84 Å². The normalized spacial score (nSPS) is 20.3. The summed E-state index contributed by atoms with van der Waals surface area (Å²) in [6.07, 6.45) is 0.526. The van der Waals surface area contributed by atoms with Crippen LogP contribution in [0.1, 0.15) is 13.3 Å². The minimum Gasteiger partial charge on any atom is -0.508 e. The Balaban J connectivity index is 1.95. The third-order valence-corrected chi connectivity index (χ3v) is 6.22. The molecule has 0 saturated carbocycles. The molecule has 1 aromatic carbocycles. The molecule has 21 heavy (non-hydrogen) atoms. The molecule has 1 fully saturated rings. The van der Waals surface area contributed by atoms with Crippen molar-refractivity contribution in [3.8, 4) is 5.75 Å². The number of benzene rings is 1. The molecule has 7 heteroatoms. The van der Waals surface area contributed by atoms with Gasteiger partial charge in [-0.15, -0.1) is 11.8 Å². The van der Waals surface area contributed by atoms with Crippen LogP contribution in [-0.2, 0) is 14.6 Å². The smallest absolute Gasteiger partial charge is 0.233 e. The Morgan fingerprint density at radius 3 is 2.81 bits per heavy atom. The molecule has 1 amide bonds. The molecule has 1 aliphatic rings. The lowest BCUT2D eigenvalue weighted by molar-refractivity contribution is -0.129. The minimum atomic E-state index is -2.99. The highest BCUT2D eigenvalue weighted by molar-refractivity contribution is 8.00. The van der Waals surface area contributed by atoms with Crippen molar-refractivity contribution in [2.45, 2.75) is 24.3 Å². The first-order valence-corrected chi connectivity index (χ1v) is 9.63. The number of hydrogen-bond donors (Lipinski definition) is 1. The first kappa shape index (κ1) is 16.2. The number of carbonyl (C=O) groups is 1. The molecule has 0 aromatic heterocycles. The first-order valence-electron chi connectivity index (χ1n) is 6.83. The van der Waals surface area contributed by atoms with Crippen LogP contribution in [0.4, 0.5) is 0 Å². The number of phenolic OH excluding ortho intramolecular Hbond substituents is 1. The molecular weight excluding hydrogens is 310 g/mol. The van der Waals surface area contributed by atoms with E-state index in [4.69, 9.17) is 0 Å². The predicted octanol–water partition coefficient (Wildman–Crippen LogP) is 1.52. The molecule has 1 heterocycles. The van der Waals surface area contributed by atoms with Crippen molar-refractivity contribution < 1.29 is 18.3 Å². The summed E-state index contributed by atoms with van der Waals surface area (Å²) in [7, 11) is -2.99. The SMILES string of the molecule is CCN(C(=O)CSc1cccc(O)c1)C1CCS(=O)(=O)C1. The lowest BCUT2D eigenvalue weighted by Gasteiger charge is -2.26. The second-order valence-corrected chi connectivity index (χ2v) is 8.30. The van der Waals surface area contributed by atoms with Gasteiger partial charge in [-0.3, -0.25) is 4.79 Å². The molecule has 0 spiro atoms. The zero-order valence-electron chi connectivity index (χ0n) is 11.9. The Morgan fingerprint density at radius 1 is 1.48 bits per heavy atom. The van der Waals surface area contributed by atoms with Gasteiger partial charge in [0, 0.05) is 17.5 Å². The zero-order chi connectivity index (χ0) is 15.5. The zero-order valence-corrected chi connectivity index (χ0v) is 13.5. The number of amides is 1. The van der Waals surface area contributed by atoms with E-state index in [0.29, 0.717) is 13.0 Å². The fourth-order valence-corrected chi connectivity index (χ4v) is 5.03. The third kappa shape index (κ3) is 4.38. The van der Waals surface area contributed by atoms with Crippen molar-refractivity contribution in [3.63, 3.8) is 0 Å². The van der Waals surface area contributed by atoms with Crippen molar-refractivity contribution in [1.29, 1.82) is 0 Å². The Kier molecular flexibility index (Phi) is 5.16. The van der Waals surface area contributed by atoms with E-state index in [-0.39, 0.29) is 35.0 Å². The standard InChI is InChI=1S/C14H19NO4S2/c1-2-15(11-6-7-21(18,19)10-11)14(17)9-20-13-5-3-4-12(16)8-13/h3-5,8,11,16H,2,6-7,9-10H2,1H3. The molecule has 0 radical (unpaired) electrons. The highest BCUT2D eigenvalue weighted by Crippen LogP contribution is 2.24. The lowest BCUT2D eigenvalue weighted by atomic mass is 10.2. The molecule has 116 valence electrons. The summed E-state index contributed by atoms with van der Waals surface area (Å²) in [5.74, 6) is 0.591. The second-order valence-electron chi connectivity index (χ2n) is 5.02. The summed E-state index contributed by atoms with van der Waals surface area (Å²) in [6.45, 7) is 2.38. The van der Waals surface area contributed by atoms with Gasteiger partial charge in [-0.05, 0) is 31.5 Å². The topological polar surface area (TPSA) is 74.7 Å². The Labute approximate surface area is 129 Å². The number of carbonyl (C=O) groups excluding carboxylic acids is 1. The third-order valence-electron chi connectivity index (χ3n) is 3.49. The van der Waals surface area contributed by atoms with E-state index in [9.17, 15) is 18.3 Å². The van der Waals surface area contributed by atoms with Gasteiger partial charge in [0.1, 0.15) is 5.75 Å². The molecular formula is C14H19NO4S2. The van der Waals surface area contributed by atoms with Gasteiger partial charge in [0.05, 0.1) is 17.3 Å². The number of phenols is 1. The van der Waals surface area contributed by atoms with E-state index in [0.717, 1.165) is 4.90 Å². The van der Waals surface area contributed by atoms with Crippen LogP contribution in [-0.4, -0.2) is 54.2 Å². The Bertz CT molecular complexity index is 615. The number of thioether (sulfide) groups is 1. The largest absolute Gasteiger partial charge is 0.508 e. The number of rotatable bonds is 5. The average Bonchev–Trinajstić information content (AvgIpc) is 2.77. The van der Waals surface area contributed by atoms with E-state index in [2.05, 4.69) is 0 Å². The van der Waals surface area contributed by atoms with Crippen molar-refractivity contribution in [2.24, 2.45) is 0 Å². The van der Waals surface area contributed by atoms with E-state index < -0.39 is 9.84 Å². The van der Waals surface area contributed by atoms with Crippen LogP contribution in [0.2, 0.25) is 0 Å². The maximum Gasteiger partial charge on any atom is 0.233 e. The molecule has 5 nitrogen and oxygen atoms in total. The van der Waals surface area contributed by atoms with Gasteiger partial charge in [0.2, 0.25) is 5.91 Å². The fourth-order valence-electron chi connectivity index (χ4n) is 2.46. The van der Waals surface area contributed by atoms with Crippen LogP contribution in [0.3, 0.4) is 0 Å². The van der Waals surface area contributed by atoms with Gasteiger partial charge in [-0.1, -0.05) is 6.07 Å². The van der Waals surface area contributed by atoms with Crippen molar-refractivity contribution in [1.82, 2.24) is 4.90 Å². The fraction of sp³-hybridized carbons (Fsp3) is 0.500.